The molecule has 29 heavy (non-hydrogen) atoms. The Morgan fingerprint density at radius 1 is 1.21 bits per heavy atom. The topological polar surface area (TPSA) is 98.1 Å². The highest BCUT2D eigenvalue weighted by Crippen LogP contribution is 2.19. The molecule has 1 aliphatic heterocycles. The third-order valence-corrected chi connectivity index (χ3v) is 5.01. The lowest BCUT2D eigenvalue weighted by Gasteiger charge is -2.14. The lowest BCUT2D eigenvalue weighted by atomic mass is 10.1. The third-order valence-electron chi connectivity index (χ3n) is 5.01. The minimum absolute atomic E-state index is 0.0592. The van der Waals surface area contributed by atoms with Crippen molar-refractivity contribution >= 4 is 28.5 Å². The molecule has 1 saturated heterocycles. The SMILES string of the molecule is CCn1nnc2cc(C(=O)Nc3ccccc3C(=O)NCC3CCCO3)ccc21. The number of benzene rings is 2. The van der Waals surface area contributed by atoms with Crippen LogP contribution in [0, 0.1) is 0 Å². The van der Waals surface area contributed by atoms with Crippen LogP contribution in [0.25, 0.3) is 11.0 Å². The molecule has 1 unspecified atom stereocenters. The van der Waals surface area contributed by atoms with Crippen molar-refractivity contribution in [1.29, 1.82) is 0 Å². The molecule has 8 nitrogen and oxygen atoms in total. The van der Waals surface area contributed by atoms with E-state index < -0.39 is 0 Å². The monoisotopic (exact) mass is 393 g/mol. The van der Waals surface area contributed by atoms with E-state index in [2.05, 4.69) is 20.9 Å². The van der Waals surface area contributed by atoms with Gasteiger partial charge in [-0.15, -0.1) is 5.10 Å². The number of carbonyl (C=O) groups excluding carboxylic acids is 2. The van der Waals surface area contributed by atoms with Crippen LogP contribution in [0.15, 0.2) is 42.5 Å². The molecule has 150 valence electrons. The van der Waals surface area contributed by atoms with Crippen molar-refractivity contribution < 1.29 is 14.3 Å². The Bertz CT molecular complexity index is 1040. The van der Waals surface area contributed by atoms with E-state index in [9.17, 15) is 9.59 Å². The number of para-hydroxylation sites is 1. The van der Waals surface area contributed by atoms with Crippen LogP contribution in [-0.2, 0) is 11.3 Å². The highest BCUT2D eigenvalue weighted by Gasteiger charge is 2.19. The Balaban J connectivity index is 1.48. The molecule has 0 bridgehead atoms. The predicted octanol–water partition coefficient (Wildman–Crippen LogP) is 2.61. The summed E-state index contributed by atoms with van der Waals surface area (Å²) in [6.07, 6.45) is 2.02. The van der Waals surface area contributed by atoms with E-state index in [0.29, 0.717) is 35.4 Å². The molecule has 0 aliphatic carbocycles. The maximum atomic E-state index is 12.8. The molecule has 2 aromatic carbocycles. The molecule has 3 aromatic rings. The van der Waals surface area contributed by atoms with Crippen molar-refractivity contribution in [3.8, 4) is 0 Å². The van der Waals surface area contributed by atoms with Gasteiger partial charge in [0.25, 0.3) is 11.8 Å². The van der Waals surface area contributed by atoms with Crippen LogP contribution in [0.3, 0.4) is 0 Å². The van der Waals surface area contributed by atoms with Gasteiger partial charge in [0.2, 0.25) is 0 Å². The van der Waals surface area contributed by atoms with Gasteiger partial charge >= 0.3 is 0 Å². The van der Waals surface area contributed by atoms with Gasteiger partial charge in [-0.2, -0.15) is 0 Å². The normalized spacial score (nSPS) is 16.1. The first-order chi connectivity index (χ1) is 14.2. The van der Waals surface area contributed by atoms with Crippen molar-refractivity contribution in [2.24, 2.45) is 0 Å². The third kappa shape index (κ3) is 4.12. The molecule has 8 heteroatoms. The average Bonchev–Trinajstić information content (AvgIpc) is 3.41. The van der Waals surface area contributed by atoms with Crippen LogP contribution >= 0.6 is 0 Å². The first-order valence-corrected chi connectivity index (χ1v) is 9.79. The molecule has 1 aliphatic rings. The zero-order chi connectivity index (χ0) is 20.2. The van der Waals surface area contributed by atoms with Crippen LogP contribution < -0.4 is 10.6 Å². The first-order valence-electron chi connectivity index (χ1n) is 9.79. The summed E-state index contributed by atoms with van der Waals surface area (Å²) in [6.45, 7) is 3.89. The number of hydrogen-bond acceptors (Lipinski definition) is 5. The van der Waals surface area contributed by atoms with Crippen LogP contribution in [0.1, 0.15) is 40.5 Å². The van der Waals surface area contributed by atoms with Crippen LogP contribution in [0.5, 0.6) is 0 Å². The van der Waals surface area contributed by atoms with Gasteiger partial charge in [-0.25, -0.2) is 4.68 Å². The molecule has 1 fully saturated rings. The molecule has 0 saturated carbocycles. The van der Waals surface area contributed by atoms with Crippen molar-refractivity contribution in [2.45, 2.75) is 32.4 Å². The maximum absolute atomic E-state index is 12.8. The Kier molecular flexibility index (Phi) is 5.53. The summed E-state index contributed by atoms with van der Waals surface area (Å²) in [6, 6.07) is 12.2. The number of amides is 2. The summed E-state index contributed by atoms with van der Waals surface area (Å²) in [5, 5.41) is 13.9. The maximum Gasteiger partial charge on any atom is 0.255 e. The zero-order valence-electron chi connectivity index (χ0n) is 16.2. The summed E-state index contributed by atoms with van der Waals surface area (Å²) in [5.74, 6) is -0.546. The van der Waals surface area contributed by atoms with E-state index in [4.69, 9.17) is 4.74 Å². The van der Waals surface area contributed by atoms with Crippen molar-refractivity contribution in [2.75, 3.05) is 18.5 Å². The van der Waals surface area contributed by atoms with Gasteiger partial charge in [0.15, 0.2) is 0 Å². The number of nitrogens with zero attached hydrogens (tertiary/aromatic N) is 3. The Morgan fingerprint density at radius 2 is 2.07 bits per heavy atom. The fraction of sp³-hybridized carbons (Fsp3) is 0.333. The van der Waals surface area contributed by atoms with Gasteiger partial charge in [-0.05, 0) is 50.1 Å². The number of aryl methyl sites for hydroxylation is 1. The van der Waals surface area contributed by atoms with E-state index in [0.717, 1.165) is 25.0 Å². The molecule has 2 amide bonds. The number of anilines is 1. The number of rotatable bonds is 6. The number of fused-ring (bicyclic) bond motifs is 1. The van der Waals surface area contributed by atoms with Gasteiger partial charge < -0.3 is 15.4 Å². The van der Waals surface area contributed by atoms with E-state index in [-0.39, 0.29) is 17.9 Å². The van der Waals surface area contributed by atoms with Crippen LogP contribution in [0.4, 0.5) is 5.69 Å². The largest absolute Gasteiger partial charge is 0.376 e. The molecule has 2 N–H and O–H groups in total. The summed E-state index contributed by atoms with van der Waals surface area (Å²) >= 11 is 0. The smallest absolute Gasteiger partial charge is 0.255 e. The summed E-state index contributed by atoms with van der Waals surface area (Å²) < 4.78 is 7.31. The summed E-state index contributed by atoms with van der Waals surface area (Å²) in [4.78, 5) is 25.4. The summed E-state index contributed by atoms with van der Waals surface area (Å²) in [7, 11) is 0. The predicted molar refractivity (Wildman–Crippen MR) is 109 cm³/mol. The van der Waals surface area contributed by atoms with Gasteiger partial charge in [-0.1, -0.05) is 17.3 Å². The first kappa shape index (κ1) is 19.1. The molecular weight excluding hydrogens is 370 g/mol. The van der Waals surface area contributed by atoms with E-state index >= 15 is 0 Å². The molecule has 4 rings (SSSR count). The van der Waals surface area contributed by atoms with E-state index in [1.807, 2.05) is 13.0 Å². The molecule has 1 atom stereocenters. The lowest BCUT2D eigenvalue weighted by molar-refractivity contribution is 0.0858. The molecular formula is C21H23N5O3. The zero-order valence-corrected chi connectivity index (χ0v) is 16.2. The van der Waals surface area contributed by atoms with Crippen LogP contribution in [0.2, 0.25) is 0 Å². The Labute approximate surface area is 168 Å². The Morgan fingerprint density at radius 3 is 2.86 bits per heavy atom. The quantitative estimate of drug-likeness (QED) is 0.671. The second-order valence-electron chi connectivity index (χ2n) is 6.95. The fourth-order valence-electron chi connectivity index (χ4n) is 3.44. The molecule has 1 aromatic heterocycles. The second-order valence-corrected chi connectivity index (χ2v) is 6.95. The number of hydrogen-bond donors (Lipinski definition) is 2. The number of carbonyl (C=O) groups is 2. The van der Waals surface area contributed by atoms with Crippen molar-refractivity contribution in [3.63, 3.8) is 0 Å². The van der Waals surface area contributed by atoms with Crippen molar-refractivity contribution in [3.05, 3.63) is 53.6 Å². The average molecular weight is 393 g/mol. The van der Waals surface area contributed by atoms with E-state index in [1.165, 1.54) is 0 Å². The molecule has 0 spiro atoms. The number of aromatic nitrogens is 3. The van der Waals surface area contributed by atoms with Gasteiger partial charge in [0.05, 0.1) is 22.9 Å². The summed E-state index contributed by atoms with van der Waals surface area (Å²) in [5.41, 5.74) is 2.85. The van der Waals surface area contributed by atoms with Gasteiger partial charge in [0.1, 0.15) is 5.52 Å². The Hall–Kier alpha value is -3.26. The standard InChI is InChI=1S/C21H23N5O3/c1-2-26-19-10-9-14(12-18(19)24-25-26)20(27)23-17-8-4-3-7-16(17)21(28)22-13-15-6-5-11-29-15/h3-4,7-10,12,15H,2,5-6,11,13H2,1H3,(H,22,28)(H,23,27). The molecule has 0 radical (unpaired) electrons. The number of ether oxygens (including phenoxy) is 1. The minimum Gasteiger partial charge on any atom is -0.376 e. The van der Waals surface area contributed by atoms with Gasteiger partial charge in [0, 0.05) is 25.3 Å². The lowest BCUT2D eigenvalue weighted by Crippen LogP contribution is -2.32. The van der Waals surface area contributed by atoms with Crippen molar-refractivity contribution in [1.82, 2.24) is 20.3 Å². The minimum atomic E-state index is -0.308. The highest BCUT2D eigenvalue weighted by atomic mass is 16.5. The fourth-order valence-corrected chi connectivity index (χ4v) is 3.44. The second kappa shape index (κ2) is 8.40. The van der Waals surface area contributed by atoms with E-state index in [1.54, 1.807) is 41.1 Å². The molecule has 2 heterocycles. The van der Waals surface area contributed by atoms with Crippen LogP contribution in [-0.4, -0.2) is 46.1 Å². The number of nitrogens with one attached hydrogen (secondary N) is 2. The van der Waals surface area contributed by atoms with Gasteiger partial charge in [-0.3, -0.25) is 9.59 Å². The highest BCUT2D eigenvalue weighted by molar-refractivity contribution is 6.09.